The molecule has 4 aromatic rings. The summed E-state index contributed by atoms with van der Waals surface area (Å²) in [5, 5.41) is 0.995. The number of nitrogens with zero attached hydrogens (tertiary/aromatic N) is 2. The highest BCUT2D eigenvalue weighted by Crippen LogP contribution is 2.40. The molecule has 0 fully saturated rings. The van der Waals surface area contributed by atoms with Crippen LogP contribution in [0.5, 0.6) is 17.2 Å². The molecule has 0 unspecified atom stereocenters. The first-order valence-corrected chi connectivity index (χ1v) is 11.7. The second-order valence-electron chi connectivity index (χ2n) is 7.79. The molecule has 0 saturated heterocycles. The number of thiazole rings is 1. The van der Waals surface area contributed by atoms with E-state index in [-0.39, 0.29) is 0 Å². The van der Waals surface area contributed by atoms with E-state index in [1.165, 1.54) is 10.3 Å². The monoisotopic (exact) mass is 446 g/mol. The van der Waals surface area contributed by atoms with Gasteiger partial charge in [-0.05, 0) is 48.9 Å². The number of rotatable bonds is 6. The molecule has 0 saturated carbocycles. The van der Waals surface area contributed by atoms with Crippen LogP contribution in [-0.4, -0.2) is 36.8 Å². The average molecular weight is 447 g/mol. The highest BCUT2D eigenvalue weighted by Gasteiger charge is 2.21. The third-order valence-corrected chi connectivity index (χ3v) is 6.67. The number of methoxy groups -OCH3 is 1. The minimum Gasteiger partial charge on any atom is -0.494 e. The zero-order valence-electron chi connectivity index (χ0n) is 18.3. The Morgan fingerprint density at radius 1 is 1.09 bits per heavy atom. The summed E-state index contributed by atoms with van der Waals surface area (Å²) in [5.74, 6) is 2.51. The SMILES string of the molecule is CCOc1ccc(CN2CCOc3c(cc(-c4nc5ccccc5s4)cc3OC)C2)cc1. The molecular formula is C26H26N2O3S. The molecule has 1 aliphatic rings. The first-order chi connectivity index (χ1) is 15.7. The normalized spacial score (nSPS) is 13.9. The average Bonchev–Trinajstić information content (AvgIpc) is 3.15. The molecule has 1 aliphatic heterocycles. The van der Waals surface area contributed by atoms with Crippen molar-refractivity contribution in [3.05, 3.63) is 71.8 Å². The molecule has 0 N–H and O–H groups in total. The third kappa shape index (κ3) is 4.29. The van der Waals surface area contributed by atoms with Gasteiger partial charge < -0.3 is 14.2 Å². The highest BCUT2D eigenvalue weighted by molar-refractivity contribution is 7.21. The van der Waals surface area contributed by atoms with Gasteiger partial charge in [-0.1, -0.05) is 24.3 Å². The van der Waals surface area contributed by atoms with Crippen molar-refractivity contribution in [3.63, 3.8) is 0 Å². The molecule has 2 heterocycles. The van der Waals surface area contributed by atoms with E-state index in [1.807, 2.05) is 31.2 Å². The fraction of sp³-hybridized carbons (Fsp3) is 0.269. The van der Waals surface area contributed by atoms with Crippen molar-refractivity contribution in [2.24, 2.45) is 0 Å². The van der Waals surface area contributed by atoms with Crippen molar-refractivity contribution in [3.8, 4) is 27.8 Å². The molecule has 0 bridgehead atoms. The summed E-state index contributed by atoms with van der Waals surface area (Å²) in [5.41, 5.74) is 4.47. The molecule has 164 valence electrons. The van der Waals surface area contributed by atoms with Crippen LogP contribution >= 0.6 is 11.3 Å². The molecule has 0 radical (unpaired) electrons. The standard InChI is InChI=1S/C26H26N2O3S/c1-3-30-21-10-8-18(9-11-21)16-28-12-13-31-25-20(17-28)14-19(15-23(25)29-2)26-27-22-6-4-5-7-24(22)32-26/h4-11,14-15H,3,12-13,16-17H2,1-2H3. The van der Waals surface area contributed by atoms with Gasteiger partial charge >= 0.3 is 0 Å². The van der Waals surface area contributed by atoms with Crippen molar-refractivity contribution in [1.29, 1.82) is 0 Å². The van der Waals surface area contributed by atoms with E-state index in [2.05, 4.69) is 41.3 Å². The number of para-hydroxylation sites is 1. The van der Waals surface area contributed by atoms with Crippen LogP contribution in [0.2, 0.25) is 0 Å². The number of hydrogen-bond donors (Lipinski definition) is 0. The third-order valence-electron chi connectivity index (χ3n) is 5.58. The Morgan fingerprint density at radius 3 is 2.72 bits per heavy atom. The van der Waals surface area contributed by atoms with E-state index in [1.54, 1.807) is 18.4 Å². The zero-order valence-corrected chi connectivity index (χ0v) is 19.2. The van der Waals surface area contributed by atoms with E-state index in [9.17, 15) is 0 Å². The smallest absolute Gasteiger partial charge is 0.165 e. The Morgan fingerprint density at radius 2 is 1.94 bits per heavy atom. The molecule has 3 aromatic carbocycles. The van der Waals surface area contributed by atoms with Crippen LogP contribution in [-0.2, 0) is 13.1 Å². The van der Waals surface area contributed by atoms with E-state index < -0.39 is 0 Å². The van der Waals surface area contributed by atoms with Gasteiger partial charge in [0.15, 0.2) is 11.5 Å². The topological polar surface area (TPSA) is 43.8 Å². The molecule has 0 amide bonds. The number of aromatic nitrogens is 1. The lowest BCUT2D eigenvalue weighted by Crippen LogP contribution is -2.25. The lowest BCUT2D eigenvalue weighted by atomic mass is 10.1. The van der Waals surface area contributed by atoms with E-state index >= 15 is 0 Å². The summed E-state index contributed by atoms with van der Waals surface area (Å²) in [6.07, 6.45) is 0. The van der Waals surface area contributed by atoms with Gasteiger partial charge in [-0.2, -0.15) is 0 Å². The van der Waals surface area contributed by atoms with E-state index in [4.69, 9.17) is 19.2 Å². The lowest BCUT2D eigenvalue weighted by molar-refractivity contribution is 0.217. The largest absolute Gasteiger partial charge is 0.494 e. The molecule has 1 aromatic heterocycles. The maximum absolute atomic E-state index is 6.14. The van der Waals surface area contributed by atoms with Crippen LogP contribution < -0.4 is 14.2 Å². The van der Waals surface area contributed by atoms with Crippen LogP contribution in [0.3, 0.4) is 0 Å². The molecule has 5 rings (SSSR count). The molecule has 0 aliphatic carbocycles. The Bertz CT molecular complexity index is 1190. The van der Waals surface area contributed by atoms with E-state index in [0.717, 1.165) is 58.5 Å². The van der Waals surface area contributed by atoms with Crippen LogP contribution in [0.1, 0.15) is 18.1 Å². The molecule has 0 atom stereocenters. The predicted octanol–water partition coefficient (Wildman–Crippen LogP) is 5.77. The van der Waals surface area contributed by atoms with Crippen LogP contribution in [0.15, 0.2) is 60.7 Å². The molecule has 6 heteroatoms. The van der Waals surface area contributed by atoms with Gasteiger partial charge in [0.25, 0.3) is 0 Å². The second-order valence-corrected chi connectivity index (χ2v) is 8.82. The summed E-state index contributed by atoms with van der Waals surface area (Å²) >= 11 is 1.70. The number of ether oxygens (including phenoxy) is 3. The first-order valence-electron chi connectivity index (χ1n) is 10.9. The molecule has 0 spiro atoms. The first kappa shape index (κ1) is 20.8. The fourth-order valence-corrected chi connectivity index (χ4v) is 5.01. The van der Waals surface area contributed by atoms with Crippen molar-refractivity contribution in [1.82, 2.24) is 9.88 Å². The predicted molar refractivity (Wildman–Crippen MR) is 129 cm³/mol. The number of hydrogen-bond acceptors (Lipinski definition) is 6. The molecule has 32 heavy (non-hydrogen) atoms. The van der Waals surface area contributed by atoms with Gasteiger partial charge in [-0.15, -0.1) is 11.3 Å². The minimum absolute atomic E-state index is 0.626. The van der Waals surface area contributed by atoms with Gasteiger partial charge in [0.05, 0.1) is 23.9 Å². The van der Waals surface area contributed by atoms with Crippen LogP contribution in [0.4, 0.5) is 0 Å². The van der Waals surface area contributed by atoms with Gasteiger partial charge in [0.1, 0.15) is 17.4 Å². The summed E-state index contributed by atoms with van der Waals surface area (Å²) in [7, 11) is 1.70. The minimum atomic E-state index is 0.626. The maximum atomic E-state index is 6.14. The quantitative estimate of drug-likeness (QED) is 0.376. The van der Waals surface area contributed by atoms with Gasteiger partial charge in [-0.3, -0.25) is 4.90 Å². The van der Waals surface area contributed by atoms with Crippen LogP contribution in [0, 0.1) is 0 Å². The van der Waals surface area contributed by atoms with Gasteiger partial charge in [0, 0.05) is 30.8 Å². The lowest BCUT2D eigenvalue weighted by Gasteiger charge is -2.20. The fourth-order valence-electron chi connectivity index (χ4n) is 4.06. The Labute approximate surface area is 192 Å². The Hall–Kier alpha value is -3.09. The van der Waals surface area contributed by atoms with E-state index in [0.29, 0.717) is 13.2 Å². The van der Waals surface area contributed by atoms with Gasteiger partial charge in [0.2, 0.25) is 0 Å². The van der Waals surface area contributed by atoms with Gasteiger partial charge in [-0.25, -0.2) is 4.98 Å². The highest BCUT2D eigenvalue weighted by atomic mass is 32.1. The maximum Gasteiger partial charge on any atom is 0.165 e. The number of benzene rings is 3. The van der Waals surface area contributed by atoms with Crippen molar-refractivity contribution in [2.45, 2.75) is 20.0 Å². The molecule has 5 nitrogen and oxygen atoms in total. The second kappa shape index (κ2) is 9.18. The van der Waals surface area contributed by atoms with Crippen molar-refractivity contribution in [2.75, 3.05) is 26.9 Å². The summed E-state index contributed by atoms with van der Waals surface area (Å²) in [4.78, 5) is 7.24. The van der Waals surface area contributed by atoms with Crippen molar-refractivity contribution >= 4 is 21.6 Å². The summed E-state index contributed by atoms with van der Waals surface area (Å²) in [6.45, 7) is 5.79. The summed E-state index contributed by atoms with van der Waals surface area (Å²) in [6, 6.07) is 20.8. The molecular weight excluding hydrogens is 420 g/mol. The van der Waals surface area contributed by atoms with Crippen molar-refractivity contribution < 1.29 is 14.2 Å². The van der Waals surface area contributed by atoms with Crippen LogP contribution in [0.25, 0.3) is 20.8 Å². The Kier molecular flexibility index (Phi) is 5.97. The number of fused-ring (bicyclic) bond motifs is 2. The summed E-state index contributed by atoms with van der Waals surface area (Å²) < 4.78 is 18.6. The zero-order chi connectivity index (χ0) is 21.9. The Balaban J connectivity index is 1.43.